The fraction of sp³-hybridized carbons (Fsp3) is 0.241. The fourth-order valence-electron chi connectivity index (χ4n) is 5.39. The molecule has 2 aliphatic heterocycles. The van der Waals surface area contributed by atoms with E-state index >= 15 is 0 Å². The first-order valence-corrected chi connectivity index (χ1v) is 12.0. The van der Waals surface area contributed by atoms with Crippen molar-refractivity contribution >= 4 is 5.91 Å². The van der Waals surface area contributed by atoms with Gasteiger partial charge in [0.1, 0.15) is 5.54 Å². The first-order valence-electron chi connectivity index (χ1n) is 12.0. The van der Waals surface area contributed by atoms with E-state index in [0.717, 1.165) is 22.4 Å². The van der Waals surface area contributed by atoms with Gasteiger partial charge in [-0.15, -0.1) is 0 Å². The van der Waals surface area contributed by atoms with Crippen molar-refractivity contribution in [2.75, 3.05) is 19.8 Å². The Morgan fingerprint density at radius 2 is 1.43 bits per heavy atom. The van der Waals surface area contributed by atoms with Crippen LogP contribution in [0.4, 0.5) is 0 Å². The maximum atomic E-state index is 12.6. The molecule has 6 heteroatoms. The van der Waals surface area contributed by atoms with Gasteiger partial charge in [-0.3, -0.25) is 10.1 Å². The normalized spacial score (nSPS) is 19.2. The molecule has 2 fully saturated rings. The number of aromatic nitrogens is 2. The van der Waals surface area contributed by atoms with Gasteiger partial charge in [0, 0.05) is 19.2 Å². The van der Waals surface area contributed by atoms with E-state index in [0.29, 0.717) is 26.2 Å². The molecule has 0 aliphatic carbocycles. The molecule has 2 N–H and O–H groups in total. The highest BCUT2D eigenvalue weighted by atomic mass is 16.5. The second-order valence-electron chi connectivity index (χ2n) is 9.47. The Kier molecular flexibility index (Phi) is 5.47. The minimum absolute atomic E-state index is 0.0116. The molecule has 176 valence electrons. The largest absolute Gasteiger partial charge is 0.377 e. The number of nitrogens with zero attached hydrogens (tertiary/aromatic N) is 2. The van der Waals surface area contributed by atoms with E-state index in [4.69, 9.17) is 9.72 Å². The van der Waals surface area contributed by atoms with Gasteiger partial charge in [-0.2, -0.15) is 0 Å². The lowest BCUT2D eigenvalue weighted by Crippen LogP contribution is -2.74. The minimum atomic E-state index is -0.611. The van der Waals surface area contributed by atoms with Gasteiger partial charge in [0.25, 0.3) is 0 Å². The number of amides is 1. The molecule has 2 saturated heterocycles. The molecule has 1 atom stereocenters. The Balaban J connectivity index is 1.45. The monoisotopic (exact) mass is 464 g/mol. The van der Waals surface area contributed by atoms with Crippen LogP contribution in [0.1, 0.15) is 22.4 Å². The summed E-state index contributed by atoms with van der Waals surface area (Å²) in [6.45, 7) is 1.85. The topological polar surface area (TPSA) is 68.2 Å². The molecular formula is C29H28N4O2. The summed E-state index contributed by atoms with van der Waals surface area (Å²) in [6.07, 6.45) is 4.49. The standard InChI is InChI=1S/C29H28N4O2/c34-27-26(32-28(18-30-27)19-35-20-28)16-25-17-33(21-31-25)29(22-10-4-1-5-11-22,23-12-6-2-7-13-23)24-14-8-3-9-15-24/h1-15,17,21,26,32H,16,18-20H2,(H,30,34)/t26-/m1/s1. The van der Waals surface area contributed by atoms with Crippen molar-refractivity contribution < 1.29 is 9.53 Å². The average Bonchev–Trinajstić information content (AvgIpc) is 3.35. The molecule has 6 nitrogen and oxygen atoms in total. The van der Waals surface area contributed by atoms with Crippen LogP contribution in [0.5, 0.6) is 0 Å². The second kappa shape index (κ2) is 8.80. The predicted octanol–water partition coefficient (Wildman–Crippen LogP) is 3.12. The highest BCUT2D eigenvalue weighted by Crippen LogP contribution is 2.40. The average molecular weight is 465 g/mol. The number of ether oxygens (including phenoxy) is 1. The van der Waals surface area contributed by atoms with E-state index < -0.39 is 5.54 Å². The predicted molar refractivity (Wildman–Crippen MR) is 134 cm³/mol. The van der Waals surface area contributed by atoms with E-state index in [2.05, 4.69) is 94.2 Å². The number of rotatable bonds is 6. The summed E-state index contributed by atoms with van der Waals surface area (Å²) in [7, 11) is 0. The third kappa shape index (κ3) is 3.75. The van der Waals surface area contributed by atoms with Crippen molar-refractivity contribution in [3.05, 3.63) is 126 Å². The van der Waals surface area contributed by atoms with Gasteiger partial charge in [-0.1, -0.05) is 91.0 Å². The summed E-state index contributed by atoms with van der Waals surface area (Å²) < 4.78 is 7.60. The Bertz CT molecular complexity index is 1200. The van der Waals surface area contributed by atoms with Crippen LogP contribution in [0.25, 0.3) is 0 Å². The van der Waals surface area contributed by atoms with Gasteiger partial charge in [-0.05, 0) is 16.7 Å². The summed E-state index contributed by atoms with van der Waals surface area (Å²) in [5.74, 6) is 0.0116. The summed E-state index contributed by atoms with van der Waals surface area (Å²) in [5.41, 5.74) is 3.52. The zero-order valence-electron chi connectivity index (χ0n) is 19.4. The third-order valence-electron chi connectivity index (χ3n) is 7.17. The maximum Gasteiger partial charge on any atom is 0.237 e. The van der Waals surface area contributed by atoms with E-state index in [-0.39, 0.29) is 17.5 Å². The van der Waals surface area contributed by atoms with E-state index in [1.54, 1.807) is 0 Å². The molecule has 0 saturated carbocycles. The first-order chi connectivity index (χ1) is 17.2. The molecule has 3 heterocycles. The fourth-order valence-corrected chi connectivity index (χ4v) is 5.39. The molecule has 0 unspecified atom stereocenters. The van der Waals surface area contributed by atoms with Crippen LogP contribution in [-0.4, -0.2) is 46.8 Å². The molecular weight excluding hydrogens is 436 g/mol. The van der Waals surface area contributed by atoms with Crippen LogP contribution < -0.4 is 10.6 Å². The lowest BCUT2D eigenvalue weighted by molar-refractivity contribution is -0.136. The molecule has 1 amide bonds. The molecule has 2 aliphatic rings. The SMILES string of the molecule is O=C1NCC2(COC2)N[C@@H]1Cc1cn(C(c2ccccc2)(c2ccccc2)c2ccccc2)cn1. The van der Waals surface area contributed by atoms with Crippen LogP contribution in [0, 0.1) is 0 Å². The highest BCUT2D eigenvalue weighted by Gasteiger charge is 2.45. The number of nitrogens with one attached hydrogen (secondary N) is 2. The van der Waals surface area contributed by atoms with Crippen molar-refractivity contribution in [2.45, 2.75) is 23.5 Å². The van der Waals surface area contributed by atoms with Gasteiger partial charge >= 0.3 is 0 Å². The Morgan fingerprint density at radius 3 is 1.91 bits per heavy atom. The van der Waals surface area contributed by atoms with Crippen molar-refractivity contribution in [3.63, 3.8) is 0 Å². The molecule has 1 spiro atoms. The lowest BCUT2D eigenvalue weighted by atomic mass is 9.77. The van der Waals surface area contributed by atoms with Crippen molar-refractivity contribution in [1.82, 2.24) is 20.2 Å². The van der Waals surface area contributed by atoms with E-state index in [9.17, 15) is 4.79 Å². The van der Waals surface area contributed by atoms with Crippen molar-refractivity contribution in [2.24, 2.45) is 0 Å². The molecule has 0 bridgehead atoms. The Labute approximate surface area is 205 Å². The lowest BCUT2D eigenvalue weighted by Gasteiger charge is -2.47. The number of carbonyl (C=O) groups is 1. The molecule has 1 aromatic heterocycles. The number of hydrogen-bond acceptors (Lipinski definition) is 4. The minimum Gasteiger partial charge on any atom is -0.377 e. The number of piperazine rings is 1. The third-order valence-corrected chi connectivity index (χ3v) is 7.17. The van der Waals surface area contributed by atoms with E-state index in [1.165, 1.54) is 0 Å². The molecule has 3 aromatic carbocycles. The summed E-state index contributed by atoms with van der Waals surface area (Å²) in [6, 6.07) is 31.2. The van der Waals surface area contributed by atoms with Gasteiger partial charge in [0.2, 0.25) is 5.91 Å². The highest BCUT2D eigenvalue weighted by molar-refractivity contribution is 5.83. The zero-order valence-corrected chi connectivity index (χ0v) is 19.4. The maximum absolute atomic E-state index is 12.6. The number of carbonyl (C=O) groups excluding carboxylic acids is 1. The van der Waals surface area contributed by atoms with Crippen LogP contribution in [0.3, 0.4) is 0 Å². The second-order valence-corrected chi connectivity index (χ2v) is 9.47. The number of hydrogen-bond donors (Lipinski definition) is 2. The summed E-state index contributed by atoms with van der Waals surface area (Å²) >= 11 is 0. The van der Waals surface area contributed by atoms with Gasteiger partial charge < -0.3 is 14.6 Å². The van der Waals surface area contributed by atoms with Crippen molar-refractivity contribution in [3.8, 4) is 0 Å². The summed E-state index contributed by atoms with van der Waals surface area (Å²) in [5, 5.41) is 6.57. The van der Waals surface area contributed by atoms with E-state index in [1.807, 2.05) is 24.5 Å². The number of imidazole rings is 1. The molecule has 4 aromatic rings. The first kappa shape index (κ1) is 21.8. The van der Waals surface area contributed by atoms with Crippen LogP contribution in [-0.2, 0) is 21.5 Å². The smallest absolute Gasteiger partial charge is 0.237 e. The van der Waals surface area contributed by atoms with Crippen LogP contribution >= 0.6 is 0 Å². The molecule has 6 rings (SSSR count). The van der Waals surface area contributed by atoms with Crippen molar-refractivity contribution in [1.29, 1.82) is 0 Å². The van der Waals surface area contributed by atoms with Gasteiger partial charge in [0.15, 0.2) is 0 Å². The molecule has 35 heavy (non-hydrogen) atoms. The number of benzene rings is 3. The van der Waals surface area contributed by atoms with Crippen LogP contribution in [0.2, 0.25) is 0 Å². The molecule has 0 radical (unpaired) electrons. The quantitative estimate of drug-likeness (QED) is 0.431. The Morgan fingerprint density at radius 1 is 0.886 bits per heavy atom. The Hall–Kier alpha value is -3.74. The van der Waals surface area contributed by atoms with Gasteiger partial charge in [-0.25, -0.2) is 4.98 Å². The summed E-state index contributed by atoms with van der Waals surface area (Å²) in [4.78, 5) is 17.4. The zero-order chi connectivity index (χ0) is 23.7. The van der Waals surface area contributed by atoms with Crippen LogP contribution in [0.15, 0.2) is 104 Å². The van der Waals surface area contributed by atoms with Gasteiger partial charge in [0.05, 0.1) is 36.8 Å².